The second-order valence-electron chi connectivity index (χ2n) is 7.35. The first kappa shape index (κ1) is 21.8. The highest BCUT2D eigenvalue weighted by Gasteiger charge is 2.09. The molecule has 0 bridgehead atoms. The van der Waals surface area contributed by atoms with Crippen LogP contribution in [-0.4, -0.2) is 10.8 Å². The van der Waals surface area contributed by atoms with Crippen molar-refractivity contribution in [3.8, 4) is 0 Å². The van der Waals surface area contributed by atoms with Gasteiger partial charge < -0.3 is 4.74 Å². The Bertz CT molecular complexity index is 951. The maximum Gasteiger partial charge on any atom is 0.193 e. The highest BCUT2D eigenvalue weighted by atomic mass is 32.1. The topological polar surface area (TPSA) is 30.2 Å². The van der Waals surface area contributed by atoms with Crippen molar-refractivity contribution in [1.29, 1.82) is 0 Å². The molecule has 0 aliphatic rings. The third-order valence-electron chi connectivity index (χ3n) is 5.00. The number of carbonyl (C=O) groups is 1. The van der Waals surface area contributed by atoms with Crippen LogP contribution in [0.4, 0.5) is 0 Å². The fourth-order valence-corrected chi connectivity index (χ4v) is 3.30. The smallest absolute Gasteiger partial charge is 0.193 e. The van der Waals surface area contributed by atoms with Crippen molar-refractivity contribution in [2.75, 3.05) is 0 Å². The molecule has 0 atom stereocenters. The summed E-state index contributed by atoms with van der Waals surface area (Å²) in [6.07, 6.45) is 8.05. The summed E-state index contributed by atoms with van der Waals surface area (Å²) < 4.78 is 7.95. The third kappa shape index (κ3) is 6.60. The summed E-state index contributed by atoms with van der Waals surface area (Å²) >= 11 is 5.39. The van der Waals surface area contributed by atoms with E-state index in [4.69, 9.17) is 17.0 Å². The Labute approximate surface area is 184 Å². The molecule has 0 spiro atoms. The highest BCUT2D eigenvalue weighted by molar-refractivity contribution is 7.80. The molecule has 0 amide bonds. The number of hydrogen-bond donors (Lipinski definition) is 0. The molecule has 4 heteroatoms. The molecule has 0 saturated carbocycles. The monoisotopic (exact) mass is 418 g/mol. The minimum Gasteiger partial charge on any atom is -0.482 e. The number of ketones is 1. The van der Waals surface area contributed by atoms with Crippen molar-refractivity contribution >= 4 is 23.1 Å². The molecule has 3 rings (SSSR count). The summed E-state index contributed by atoms with van der Waals surface area (Å²) in [5.74, 6) is 0.0416. The van der Waals surface area contributed by atoms with Crippen molar-refractivity contribution in [2.45, 2.75) is 45.8 Å². The molecule has 0 radical (unpaired) electrons. The fraction of sp³-hybridized carbons (Fsp3) is 0.269. The average Bonchev–Trinajstić information content (AvgIpc) is 2.81. The van der Waals surface area contributed by atoms with Crippen molar-refractivity contribution in [3.63, 3.8) is 0 Å². The minimum absolute atomic E-state index is 0.0416. The first-order valence-corrected chi connectivity index (χ1v) is 10.9. The Kier molecular flexibility index (Phi) is 8.28. The van der Waals surface area contributed by atoms with Gasteiger partial charge in [0.1, 0.15) is 13.2 Å². The third-order valence-corrected chi connectivity index (χ3v) is 5.32. The van der Waals surface area contributed by atoms with E-state index in [1.165, 1.54) is 12.8 Å². The lowest BCUT2D eigenvalue weighted by atomic mass is 10.0. The maximum absolute atomic E-state index is 12.5. The van der Waals surface area contributed by atoms with Crippen LogP contribution in [0.2, 0.25) is 0 Å². The number of aryl methyl sites for hydroxylation is 2. The Hall–Kier alpha value is -2.85. The van der Waals surface area contributed by atoms with Gasteiger partial charge in [-0.25, -0.2) is 4.57 Å². The van der Waals surface area contributed by atoms with Gasteiger partial charge in [-0.2, -0.15) is 0 Å². The quantitative estimate of drug-likeness (QED) is 0.248. The molecular weight excluding hydrogens is 390 g/mol. The molecule has 1 aromatic heterocycles. The lowest BCUT2D eigenvalue weighted by Crippen LogP contribution is -2.32. The van der Waals surface area contributed by atoms with Gasteiger partial charge in [-0.05, 0) is 24.2 Å². The van der Waals surface area contributed by atoms with E-state index in [0.717, 1.165) is 24.1 Å². The van der Waals surface area contributed by atoms with E-state index >= 15 is 0 Å². The molecule has 0 aliphatic heterocycles. The van der Waals surface area contributed by atoms with Crippen molar-refractivity contribution in [2.24, 2.45) is 0 Å². The summed E-state index contributed by atoms with van der Waals surface area (Å²) in [4.78, 5) is 12.5. The highest BCUT2D eigenvalue weighted by Crippen LogP contribution is 2.13. The SMILES string of the molecule is CCCC[n+]1ccc(COC(=S)CCc2ccc(C(=O)c3ccccc3)cc2)cc1. The zero-order valence-corrected chi connectivity index (χ0v) is 18.2. The van der Waals surface area contributed by atoms with Gasteiger partial charge in [0.15, 0.2) is 23.2 Å². The first-order valence-electron chi connectivity index (χ1n) is 10.5. The van der Waals surface area contributed by atoms with Gasteiger partial charge in [0.05, 0.1) is 0 Å². The summed E-state index contributed by atoms with van der Waals surface area (Å²) in [6.45, 7) is 3.74. The molecule has 0 fully saturated rings. The van der Waals surface area contributed by atoms with Crippen LogP contribution in [0.15, 0.2) is 79.1 Å². The largest absolute Gasteiger partial charge is 0.482 e. The average molecular weight is 419 g/mol. The van der Waals surface area contributed by atoms with Crippen LogP contribution >= 0.6 is 12.2 Å². The molecule has 154 valence electrons. The second kappa shape index (κ2) is 11.4. The molecule has 1 heterocycles. The number of thiocarbonyl (C=S) groups is 1. The van der Waals surface area contributed by atoms with E-state index in [2.05, 4.69) is 36.0 Å². The number of ether oxygens (including phenoxy) is 1. The molecule has 2 aromatic carbocycles. The molecule has 0 aliphatic carbocycles. The normalized spacial score (nSPS) is 10.6. The van der Waals surface area contributed by atoms with Gasteiger partial charge >= 0.3 is 0 Å². The summed E-state index contributed by atoms with van der Waals surface area (Å²) in [5.41, 5.74) is 3.66. The van der Waals surface area contributed by atoms with Crippen LogP contribution in [0.5, 0.6) is 0 Å². The van der Waals surface area contributed by atoms with E-state index in [0.29, 0.717) is 29.2 Å². The van der Waals surface area contributed by atoms with Gasteiger partial charge in [-0.15, -0.1) is 0 Å². The number of nitrogens with zero attached hydrogens (tertiary/aromatic N) is 1. The molecule has 3 nitrogen and oxygen atoms in total. The Morgan fingerprint density at radius 2 is 1.57 bits per heavy atom. The van der Waals surface area contributed by atoms with Crippen LogP contribution < -0.4 is 4.57 Å². The number of hydrogen-bond acceptors (Lipinski definition) is 3. The van der Waals surface area contributed by atoms with Crippen LogP contribution in [0.3, 0.4) is 0 Å². The summed E-state index contributed by atoms with van der Waals surface area (Å²) in [7, 11) is 0. The van der Waals surface area contributed by atoms with Crippen LogP contribution in [-0.2, 0) is 24.3 Å². The van der Waals surface area contributed by atoms with Gasteiger partial charge in [0, 0.05) is 41.7 Å². The lowest BCUT2D eigenvalue weighted by molar-refractivity contribution is -0.697. The standard InChI is InChI=1S/C26H28NO2S/c1-2-3-17-27-18-15-22(16-19-27)20-29-25(30)14-11-21-9-12-24(13-10-21)26(28)23-7-5-4-6-8-23/h4-10,12-13,15-16,18-19H,2-3,11,14,17,20H2,1H3/q+1. The summed E-state index contributed by atoms with van der Waals surface area (Å²) in [6, 6.07) is 21.2. The van der Waals surface area contributed by atoms with Crippen molar-refractivity contribution < 1.29 is 14.1 Å². The molecule has 0 N–H and O–H groups in total. The van der Waals surface area contributed by atoms with Gasteiger partial charge in [0.25, 0.3) is 0 Å². The van der Waals surface area contributed by atoms with Crippen LogP contribution in [0.1, 0.15) is 53.2 Å². The Balaban J connectivity index is 1.44. The number of unbranched alkanes of at least 4 members (excludes halogenated alkanes) is 1. The fourth-order valence-electron chi connectivity index (χ4n) is 3.14. The zero-order valence-electron chi connectivity index (χ0n) is 17.4. The van der Waals surface area contributed by atoms with Crippen LogP contribution in [0, 0.1) is 0 Å². The van der Waals surface area contributed by atoms with Crippen molar-refractivity contribution in [3.05, 3.63) is 101 Å². The molecule has 0 saturated heterocycles. The number of rotatable bonds is 10. The van der Waals surface area contributed by atoms with E-state index in [-0.39, 0.29) is 5.78 Å². The van der Waals surface area contributed by atoms with Gasteiger partial charge in [-0.1, -0.05) is 67.9 Å². The number of pyridine rings is 1. The second-order valence-corrected chi connectivity index (χ2v) is 7.81. The van der Waals surface area contributed by atoms with Gasteiger partial charge in [-0.3, -0.25) is 4.79 Å². The molecule has 3 aromatic rings. The van der Waals surface area contributed by atoms with E-state index < -0.39 is 0 Å². The Morgan fingerprint density at radius 3 is 2.23 bits per heavy atom. The number of aromatic nitrogens is 1. The molecule has 0 unspecified atom stereocenters. The predicted octanol–water partition coefficient (Wildman–Crippen LogP) is 5.48. The maximum atomic E-state index is 12.5. The van der Waals surface area contributed by atoms with Crippen LogP contribution in [0.25, 0.3) is 0 Å². The van der Waals surface area contributed by atoms with Gasteiger partial charge in [0.2, 0.25) is 0 Å². The Morgan fingerprint density at radius 1 is 0.900 bits per heavy atom. The molecular formula is C26H28NO2S+. The zero-order chi connectivity index (χ0) is 21.2. The van der Waals surface area contributed by atoms with Crippen molar-refractivity contribution in [1.82, 2.24) is 0 Å². The summed E-state index contributed by atoms with van der Waals surface area (Å²) in [5, 5.41) is 0.613. The van der Waals surface area contributed by atoms with E-state index in [1.54, 1.807) is 0 Å². The lowest BCUT2D eigenvalue weighted by Gasteiger charge is -2.08. The van der Waals surface area contributed by atoms with E-state index in [1.807, 2.05) is 54.6 Å². The number of benzene rings is 2. The first-order chi connectivity index (χ1) is 14.7. The van der Waals surface area contributed by atoms with E-state index in [9.17, 15) is 4.79 Å². The predicted molar refractivity (Wildman–Crippen MR) is 124 cm³/mol. The number of carbonyl (C=O) groups excluding carboxylic acids is 1. The minimum atomic E-state index is 0.0416. The molecule has 30 heavy (non-hydrogen) atoms.